The molecular weight excluding hydrogens is 312 g/mol. The number of benzene rings is 4. The van der Waals surface area contributed by atoms with Gasteiger partial charge in [0.05, 0.1) is 0 Å². The van der Waals surface area contributed by atoms with E-state index in [2.05, 4.69) is 0 Å². The summed E-state index contributed by atoms with van der Waals surface area (Å²) in [4.78, 5) is 11.4. The number of ether oxygens (including phenoxy) is 1. The van der Waals surface area contributed by atoms with Gasteiger partial charge in [-0.3, -0.25) is 0 Å². The number of hydrogen-bond donors (Lipinski definition) is 2. The van der Waals surface area contributed by atoms with Gasteiger partial charge in [0, 0.05) is 16.8 Å². The van der Waals surface area contributed by atoms with E-state index in [1.165, 1.54) is 0 Å². The fraction of sp³-hybridized carbons (Fsp3) is 0. The molecule has 0 aliphatic rings. The van der Waals surface area contributed by atoms with E-state index in [4.69, 9.17) is 16.2 Å². The highest BCUT2D eigenvalue weighted by atomic mass is 16.5. The molecule has 0 heterocycles. The summed E-state index contributed by atoms with van der Waals surface area (Å²) in [6.45, 7) is 0. The summed E-state index contributed by atoms with van der Waals surface area (Å²) in [6.07, 6.45) is -0.852. The van der Waals surface area contributed by atoms with Crippen LogP contribution in [0.15, 0.2) is 72.8 Å². The van der Waals surface area contributed by atoms with Crippen molar-refractivity contribution in [3.8, 4) is 16.9 Å². The molecule has 4 aromatic carbocycles. The first kappa shape index (κ1) is 15.0. The summed E-state index contributed by atoms with van der Waals surface area (Å²) in [7, 11) is 0. The van der Waals surface area contributed by atoms with Crippen LogP contribution in [-0.4, -0.2) is 6.09 Å². The van der Waals surface area contributed by atoms with E-state index in [9.17, 15) is 4.79 Å². The van der Waals surface area contributed by atoms with Crippen LogP contribution in [0, 0.1) is 0 Å². The summed E-state index contributed by atoms with van der Waals surface area (Å²) in [6, 6.07) is 23.4. The number of anilines is 1. The van der Waals surface area contributed by atoms with E-state index in [-0.39, 0.29) is 0 Å². The van der Waals surface area contributed by atoms with Gasteiger partial charge in [-0.25, -0.2) is 4.79 Å². The smallest absolute Gasteiger partial charge is 0.409 e. The lowest BCUT2D eigenvalue weighted by atomic mass is 9.92. The quantitative estimate of drug-likeness (QED) is 0.523. The van der Waals surface area contributed by atoms with Gasteiger partial charge in [-0.1, -0.05) is 60.7 Å². The second-order valence-electron chi connectivity index (χ2n) is 5.83. The zero-order chi connectivity index (χ0) is 17.4. The molecule has 0 saturated carbocycles. The van der Waals surface area contributed by atoms with Crippen molar-refractivity contribution in [2.24, 2.45) is 5.73 Å². The molecule has 0 fully saturated rings. The lowest BCUT2D eigenvalue weighted by molar-refractivity contribution is 0.211. The lowest BCUT2D eigenvalue weighted by Crippen LogP contribution is -2.16. The molecule has 122 valence electrons. The predicted molar refractivity (Wildman–Crippen MR) is 102 cm³/mol. The van der Waals surface area contributed by atoms with Crippen LogP contribution in [0.2, 0.25) is 0 Å². The monoisotopic (exact) mass is 328 g/mol. The summed E-state index contributed by atoms with van der Waals surface area (Å²) >= 11 is 0. The molecule has 4 nitrogen and oxygen atoms in total. The topological polar surface area (TPSA) is 78.3 Å². The van der Waals surface area contributed by atoms with Gasteiger partial charge in [-0.2, -0.15) is 0 Å². The van der Waals surface area contributed by atoms with Crippen LogP contribution in [0.1, 0.15) is 0 Å². The number of carbonyl (C=O) groups is 1. The Morgan fingerprint density at radius 2 is 1.28 bits per heavy atom. The fourth-order valence-corrected chi connectivity index (χ4v) is 3.27. The molecule has 1 amide bonds. The van der Waals surface area contributed by atoms with Gasteiger partial charge >= 0.3 is 6.09 Å². The van der Waals surface area contributed by atoms with Crippen molar-refractivity contribution in [3.63, 3.8) is 0 Å². The minimum atomic E-state index is -0.852. The Balaban J connectivity index is 2.16. The normalized spacial score (nSPS) is 10.9. The Kier molecular flexibility index (Phi) is 3.51. The first-order valence-electron chi connectivity index (χ1n) is 7.92. The van der Waals surface area contributed by atoms with Gasteiger partial charge in [0.25, 0.3) is 0 Å². The van der Waals surface area contributed by atoms with Crippen LogP contribution in [0.25, 0.3) is 32.7 Å². The molecule has 4 heteroatoms. The van der Waals surface area contributed by atoms with Crippen LogP contribution >= 0.6 is 0 Å². The van der Waals surface area contributed by atoms with Crippen LogP contribution in [0.5, 0.6) is 5.75 Å². The van der Waals surface area contributed by atoms with Gasteiger partial charge < -0.3 is 16.2 Å². The molecule has 4 N–H and O–H groups in total. The fourth-order valence-electron chi connectivity index (χ4n) is 3.27. The molecule has 25 heavy (non-hydrogen) atoms. The number of hydrogen-bond acceptors (Lipinski definition) is 3. The maximum Gasteiger partial charge on any atom is 0.409 e. The molecule has 0 spiro atoms. The number of fused-ring (bicyclic) bond motifs is 2. The standard InChI is InChI=1S/C21H16N2O2/c22-17-11-9-13-5-1-3-7-15(13)19(17)20-16-8-4-2-6-14(16)10-12-18(20)25-21(23)24/h1-12H,22H2,(H2,23,24). The molecule has 4 rings (SSSR count). The van der Waals surface area contributed by atoms with Crippen LogP contribution in [-0.2, 0) is 0 Å². The molecule has 0 unspecified atom stereocenters. The number of amides is 1. The van der Waals surface area contributed by atoms with E-state index < -0.39 is 6.09 Å². The van der Waals surface area contributed by atoms with Crippen molar-refractivity contribution in [1.82, 2.24) is 0 Å². The zero-order valence-electron chi connectivity index (χ0n) is 13.4. The average Bonchev–Trinajstić information content (AvgIpc) is 2.62. The average molecular weight is 328 g/mol. The Labute approximate surface area is 144 Å². The van der Waals surface area contributed by atoms with Crippen molar-refractivity contribution in [2.45, 2.75) is 0 Å². The summed E-state index contributed by atoms with van der Waals surface area (Å²) < 4.78 is 5.30. The number of nitrogens with two attached hydrogens (primary N) is 2. The molecule has 0 aliphatic heterocycles. The minimum Gasteiger partial charge on any atom is -0.410 e. The van der Waals surface area contributed by atoms with Gasteiger partial charge in [-0.05, 0) is 33.7 Å². The van der Waals surface area contributed by atoms with Crippen LogP contribution in [0.3, 0.4) is 0 Å². The Bertz CT molecular complexity index is 1120. The minimum absolute atomic E-state index is 0.397. The van der Waals surface area contributed by atoms with Gasteiger partial charge in [-0.15, -0.1) is 0 Å². The van der Waals surface area contributed by atoms with Gasteiger partial charge in [0.15, 0.2) is 0 Å². The lowest BCUT2D eigenvalue weighted by Gasteiger charge is -2.16. The third kappa shape index (κ3) is 2.54. The maximum atomic E-state index is 11.4. The number of nitrogen functional groups attached to an aromatic ring is 1. The SMILES string of the molecule is NC(=O)Oc1ccc2ccccc2c1-c1c(N)ccc2ccccc12. The summed E-state index contributed by atoms with van der Waals surface area (Å²) in [5.41, 5.74) is 13.8. The van der Waals surface area contributed by atoms with Crippen LogP contribution < -0.4 is 16.2 Å². The molecular formula is C21H16N2O2. The second-order valence-corrected chi connectivity index (χ2v) is 5.83. The van der Waals surface area contributed by atoms with Crippen molar-refractivity contribution >= 4 is 33.3 Å². The first-order chi connectivity index (χ1) is 12.1. The van der Waals surface area contributed by atoms with Gasteiger partial charge in [0.2, 0.25) is 0 Å². The van der Waals surface area contributed by atoms with Gasteiger partial charge in [0.1, 0.15) is 5.75 Å². The van der Waals surface area contributed by atoms with Crippen molar-refractivity contribution < 1.29 is 9.53 Å². The molecule has 0 aromatic heterocycles. The highest BCUT2D eigenvalue weighted by Crippen LogP contribution is 2.43. The second kappa shape index (κ2) is 5.83. The van der Waals surface area contributed by atoms with Crippen molar-refractivity contribution in [2.75, 3.05) is 5.73 Å². The molecule has 0 atom stereocenters. The molecule has 0 saturated heterocycles. The van der Waals surface area contributed by atoms with E-state index in [0.29, 0.717) is 11.4 Å². The maximum absolute atomic E-state index is 11.4. The third-order valence-corrected chi connectivity index (χ3v) is 4.31. The van der Waals surface area contributed by atoms with Crippen molar-refractivity contribution in [3.05, 3.63) is 72.8 Å². The molecule has 0 bridgehead atoms. The van der Waals surface area contributed by atoms with E-state index in [1.54, 1.807) is 6.07 Å². The summed E-state index contributed by atoms with van der Waals surface area (Å²) in [5, 5.41) is 4.03. The first-order valence-corrected chi connectivity index (χ1v) is 7.92. The highest BCUT2D eigenvalue weighted by Gasteiger charge is 2.17. The van der Waals surface area contributed by atoms with E-state index >= 15 is 0 Å². The van der Waals surface area contributed by atoms with Crippen LogP contribution in [0.4, 0.5) is 10.5 Å². The van der Waals surface area contributed by atoms with E-state index in [1.807, 2.05) is 66.7 Å². The Morgan fingerprint density at radius 1 is 0.720 bits per heavy atom. The largest absolute Gasteiger partial charge is 0.410 e. The third-order valence-electron chi connectivity index (χ3n) is 4.31. The Morgan fingerprint density at radius 3 is 1.92 bits per heavy atom. The molecule has 0 radical (unpaired) electrons. The number of primary amides is 1. The Hall–Kier alpha value is -3.53. The zero-order valence-corrected chi connectivity index (χ0v) is 13.4. The van der Waals surface area contributed by atoms with Crippen molar-refractivity contribution in [1.29, 1.82) is 0 Å². The predicted octanol–water partition coefficient (Wildman–Crippen LogP) is 4.70. The number of rotatable bonds is 2. The molecule has 0 aliphatic carbocycles. The van der Waals surface area contributed by atoms with E-state index in [0.717, 1.165) is 32.7 Å². The summed E-state index contributed by atoms with van der Waals surface area (Å²) in [5.74, 6) is 0.397. The highest BCUT2D eigenvalue weighted by molar-refractivity contribution is 6.11. The number of carbonyl (C=O) groups excluding carboxylic acids is 1. The molecule has 4 aromatic rings.